The molecule has 3 saturated carbocycles. The molecule has 0 radical (unpaired) electrons. The van der Waals surface area contributed by atoms with E-state index in [-0.39, 0.29) is 54.4 Å². The Balaban J connectivity index is 1.76. The van der Waals surface area contributed by atoms with Gasteiger partial charge < -0.3 is 10.4 Å². The van der Waals surface area contributed by atoms with Gasteiger partial charge in [0, 0.05) is 42.4 Å². The molecular formula is C24H35NO6. The normalized spacial score (nSPS) is 37.0. The van der Waals surface area contributed by atoms with Gasteiger partial charge in [0.2, 0.25) is 5.91 Å². The van der Waals surface area contributed by atoms with Gasteiger partial charge in [-0.15, -0.1) is 0 Å². The lowest BCUT2D eigenvalue weighted by molar-refractivity contribution is -0.160. The van der Waals surface area contributed by atoms with Crippen LogP contribution in [-0.4, -0.2) is 40.4 Å². The monoisotopic (exact) mass is 433 g/mol. The van der Waals surface area contributed by atoms with Crippen molar-refractivity contribution in [1.29, 1.82) is 0 Å². The fourth-order valence-electron chi connectivity index (χ4n) is 6.51. The number of nitrogens with one attached hydrogen (secondary N) is 1. The maximum atomic E-state index is 13.2. The first kappa shape index (κ1) is 23.6. The molecule has 7 nitrogen and oxygen atoms in total. The Bertz CT molecular complexity index is 806. The second-order valence-electron chi connectivity index (χ2n) is 10.4. The van der Waals surface area contributed by atoms with Crippen LogP contribution in [0.25, 0.3) is 0 Å². The van der Waals surface area contributed by atoms with Gasteiger partial charge in [-0.3, -0.25) is 19.2 Å². The first-order valence-corrected chi connectivity index (χ1v) is 11.6. The molecule has 0 spiro atoms. The Morgan fingerprint density at radius 1 is 1.13 bits per heavy atom. The molecule has 3 rings (SSSR count). The number of amides is 1. The van der Waals surface area contributed by atoms with Gasteiger partial charge >= 0.3 is 5.97 Å². The third-order valence-corrected chi connectivity index (χ3v) is 8.67. The summed E-state index contributed by atoms with van der Waals surface area (Å²) in [6.07, 6.45) is 3.26. The largest absolute Gasteiger partial charge is 0.480 e. The lowest BCUT2D eigenvalue weighted by Crippen LogP contribution is -2.56. The van der Waals surface area contributed by atoms with E-state index in [1.807, 2.05) is 13.8 Å². The summed E-state index contributed by atoms with van der Waals surface area (Å²) in [7, 11) is 0. The van der Waals surface area contributed by atoms with Gasteiger partial charge in [0.25, 0.3) is 0 Å². The van der Waals surface area contributed by atoms with Crippen LogP contribution in [0.1, 0.15) is 79.1 Å². The van der Waals surface area contributed by atoms with Gasteiger partial charge in [-0.2, -0.15) is 0 Å². The lowest BCUT2D eigenvalue weighted by atomic mass is 9.48. The highest BCUT2D eigenvalue weighted by atomic mass is 16.4. The molecule has 0 aromatic heterocycles. The fourth-order valence-corrected chi connectivity index (χ4v) is 6.51. The first-order valence-electron chi connectivity index (χ1n) is 11.6. The van der Waals surface area contributed by atoms with E-state index in [2.05, 4.69) is 5.32 Å². The number of fused-ring (bicyclic) bond motifs is 3. The Kier molecular flexibility index (Phi) is 6.45. The van der Waals surface area contributed by atoms with Crippen molar-refractivity contribution in [3.63, 3.8) is 0 Å². The zero-order chi connectivity index (χ0) is 23.1. The van der Waals surface area contributed by atoms with Crippen molar-refractivity contribution in [3.8, 4) is 0 Å². The number of aliphatic carboxylic acids is 1. The minimum atomic E-state index is -1.07. The molecule has 0 aromatic rings. The van der Waals surface area contributed by atoms with Gasteiger partial charge in [-0.25, -0.2) is 4.79 Å². The number of carboxylic acid groups (broad SMARTS) is 1. The molecule has 3 fully saturated rings. The maximum Gasteiger partial charge on any atom is 0.326 e. The van der Waals surface area contributed by atoms with E-state index in [4.69, 9.17) is 0 Å². The van der Waals surface area contributed by atoms with Gasteiger partial charge in [-0.05, 0) is 37.0 Å². The molecule has 3 aliphatic carbocycles. The minimum absolute atomic E-state index is 0.000179. The standard InChI is InChI=1S/C24H35NO6/c1-5-13(2)21(22(30)31)25-19(29)10-11-23(3)17(27)8-6-14-15-7-9-18(28)24(15,4)12-16(26)20(14)23/h13-15,20-21H,5-12H2,1-4H3,(H,25,29)(H,30,31). The van der Waals surface area contributed by atoms with E-state index in [1.165, 1.54) is 0 Å². The molecule has 7 heteroatoms. The van der Waals surface area contributed by atoms with Crippen molar-refractivity contribution >= 4 is 29.2 Å². The number of carbonyl (C=O) groups excluding carboxylic acids is 4. The summed E-state index contributed by atoms with van der Waals surface area (Å²) in [5, 5.41) is 12.0. The van der Waals surface area contributed by atoms with Crippen LogP contribution in [0.5, 0.6) is 0 Å². The number of carboxylic acids is 1. The predicted molar refractivity (Wildman–Crippen MR) is 113 cm³/mol. The van der Waals surface area contributed by atoms with E-state index in [9.17, 15) is 29.1 Å². The van der Waals surface area contributed by atoms with Crippen LogP contribution in [0, 0.1) is 34.5 Å². The number of ketones is 3. The van der Waals surface area contributed by atoms with Crippen LogP contribution in [0.2, 0.25) is 0 Å². The van der Waals surface area contributed by atoms with Crippen molar-refractivity contribution in [3.05, 3.63) is 0 Å². The molecule has 0 saturated heterocycles. The minimum Gasteiger partial charge on any atom is -0.480 e. The highest BCUT2D eigenvalue weighted by Gasteiger charge is 2.62. The van der Waals surface area contributed by atoms with Crippen molar-refractivity contribution < 1.29 is 29.1 Å². The average Bonchev–Trinajstić information content (AvgIpc) is 3.00. The summed E-state index contributed by atoms with van der Waals surface area (Å²) < 4.78 is 0. The molecule has 0 heterocycles. The Morgan fingerprint density at radius 2 is 1.77 bits per heavy atom. The van der Waals surface area contributed by atoms with Crippen LogP contribution in [0.15, 0.2) is 0 Å². The molecule has 0 bridgehead atoms. The SMILES string of the molecule is CCC(C)C(NC(=O)CCC1(C)C(=O)CCC2C3CCC(=O)C3(C)CC(=O)C21)C(=O)O. The number of Topliss-reactive ketones (excluding diaryl/α,β-unsaturated/α-hetero) is 3. The predicted octanol–water partition coefficient (Wildman–Crippen LogP) is 2.94. The van der Waals surface area contributed by atoms with Crippen molar-refractivity contribution in [2.45, 2.75) is 85.1 Å². The first-order chi connectivity index (χ1) is 14.5. The topological polar surface area (TPSA) is 118 Å². The van der Waals surface area contributed by atoms with Gasteiger partial charge in [-0.1, -0.05) is 34.1 Å². The summed E-state index contributed by atoms with van der Waals surface area (Å²) in [5.74, 6) is -1.92. The molecule has 172 valence electrons. The highest BCUT2D eigenvalue weighted by Crippen LogP contribution is 2.60. The van der Waals surface area contributed by atoms with E-state index < -0.39 is 34.7 Å². The lowest BCUT2D eigenvalue weighted by Gasteiger charge is -2.53. The second-order valence-corrected chi connectivity index (χ2v) is 10.4. The Morgan fingerprint density at radius 3 is 2.39 bits per heavy atom. The Hall–Kier alpha value is -2.05. The molecule has 31 heavy (non-hydrogen) atoms. The number of hydrogen-bond acceptors (Lipinski definition) is 5. The molecular weight excluding hydrogens is 398 g/mol. The van der Waals surface area contributed by atoms with Gasteiger partial charge in [0.1, 0.15) is 23.4 Å². The molecule has 3 aliphatic rings. The Labute approximate surface area is 183 Å². The summed E-state index contributed by atoms with van der Waals surface area (Å²) >= 11 is 0. The highest BCUT2D eigenvalue weighted by molar-refractivity contribution is 5.99. The summed E-state index contributed by atoms with van der Waals surface area (Å²) in [5.41, 5.74) is -1.55. The van der Waals surface area contributed by atoms with E-state index in [0.717, 1.165) is 6.42 Å². The smallest absolute Gasteiger partial charge is 0.326 e. The number of hydrogen-bond donors (Lipinski definition) is 2. The van der Waals surface area contributed by atoms with Gasteiger partial charge in [0.15, 0.2) is 0 Å². The van der Waals surface area contributed by atoms with E-state index >= 15 is 0 Å². The third kappa shape index (κ3) is 3.96. The van der Waals surface area contributed by atoms with E-state index in [0.29, 0.717) is 25.7 Å². The third-order valence-electron chi connectivity index (χ3n) is 8.67. The number of carbonyl (C=O) groups is 5. The van der Waals surface area contributed by atoms with Crippen molar-refractivity contribution in [2.75, 3.05) is 0 Å². The molecule has 0 aromatic carbocycles. The summed E-state index contributed by atoms with van der Waals surface area (Å²) in [6.45, 7) is 7.34. The van der Waals surface area contributed by atoms with Crippen LogP contribution in [-0.2, 0) is 24.0 Å². The van der Waals surface area contributed by atoms with Crippen molar-refractivity contribution in [1.82, 2.24) is 5.32 Å². The van der Waals surface area contributed by atoms with Gasteiger partial charge in [0.05, 0.1) is 0 Å². The van der Waals surface area contributed by atoms with Crippen molar-refractivity contribution in [2.24, 2.45) is 34.5 Å². The van der Waals surface area contributed by atoms with Crippen LogP contribution < -0.4 is 5.32 Å². The average molecular weight is 434 g/mol. The zero-order valence-corrected chi connectivity index (χ0v) is 19.0. The number of rotatable bonds is 7. The molecule has 7 unspecified atom stereocenters. The zero-order valence-electron chi connectivity index (χ0n) is 19.0. The second kappa shape index (κ2) is 8.47. The molecule has 2 N–H and O–H groups in total. The van der Waals surface area contributed by atoms with E-state index in [1.54, 1.807) is 13.8 Å². The van der Waals surface area contributed by atoms with Crippen LogP contribution in [0.4, 0.5) is 0 Å². The maximum absolute atomic E-state index is 13.2. The summed E-state index contributed by atoms with van der Waals surface area (Å²) in [6, 6.07) is -0.971. The molecule has 0 aliphatic heterocycles. The quantitative estimate of drug-likeness (QED) is 0.637. The molecule has 1 amide bonds. The fraction of sp³-hybridized carbons (Fsp3) is 0.792. The van der Waals surface area contributed by atoms with Crippen LogP contribution >= 0.6 is 0 Å². The van der Waals surface area contributed by atoms with Crippen LogP contribution in [0.3, 0.4) is 0 Å². The summed E-state index contributed by atoms with van der Waals surface area (Å²) in [4.78, 5) is 62.8. The molecule has 7 atom stereocenters.